The number of hydrogen-bond acceptors (Lipinski definition) is 5. The Morgan fingerprint density at radius 3 is 2.42 bits per heavy atom. The van der Waals surface area contributed by atoms with Crippen LogP contribution in [0.15, 0.2) is 36.5 Å². The molecule has 1 aliphatic rings. The number of fused-ring (bicyclic) bond motifs is 1. The Hall–Kier alpha value is -2.76. The standard InChI is InChI=1S/C18H21N3O3/c1-18(2,3)17(22)21-13-5-7-16(19-11-13)20-12-4-6-14-15(10-12)24-9-8-23-14/h4-7,10-11H,8-9H2,1-3H3,(H,19,20)(H,21,22). The quantitative estimate of drug-likeness (QED) is 0.901. The first-order chi connectivity index (χ1) is 11.4. The molecule has 0 bridgehead atoms. The van der Waals surface area contributed by atoms with Crippen LogP contribution < -0.4 is 20.1 Å². The lowest BCUT2D eigenvalue weighted by molar-refractivity contribution is -0.123. The van der Waals surface area contributed by atoms with Gasteiger partial charge in [0.25, 0.3) is 0 Å². The molecule has 2 aromatic rings. The molecule has 3 rings (SSSR count). The smallest absolute Gasteiger partial charge is 0.229 e. The van der Waals surface area contributed by atoms with Crippen LogP contribution in [0.2, 0.25) is 0 Å². The Morgan fingerprint density at radius 2 is 1.75 bits per heavy atom. The topological polar surface area (TPSA) is 72.5 Å². The van der Waals surface area contributed by atoms with Crippen molar-refractivity contribution < 1.29 is 14.3 Å². The molecule has 0 atom stereocenters. The van der Waals surface area contributed by atoms with Crippen LogP contribution >= 0.6 is 0 Å². The predicted molar refractivity (Wildman–Crippen MR) is 93.0 cm³/mol. The van der Waals surface area contributed by atoms with Gasteiger partial charge in [-0.3, -0.25) is 4.79 Å². The predicted octanol–water partition coefficient (Wildman–Crippen LogP) is 3.58. The average Bonchev–Trinajstić information content (AvgIpc) is 2.55. The molecule has 0 aliphatic carbocycles. The molecule has 1 aliphatic heterocycles. The monoisotopic (exact) mass is 327 g/mol. The van der Waals surface area contributed by atoms with Crippen LogP contribution in [0.1, 0.15) is 20.8 Å². The summed E-state index contributed by atoms with van der Waals surface area (Å²) in [6.45, 7) is 6.73. The van der Waals surface area contributed by atoms with Crippen LogP contribution in [0.3, 0.4) is 0 Å². The molecule has 6 heteroatoms. The van der Waals surface area contributed by atoms with Gasteiger partial charge in [-0.15, -0.1) is 0 Å². The maximum absolute atomic E-state index is 12.0. The molecule has 0 spiro atoms. The van der Waals surface area contributed by atoms with Crippen LogP contribution in [0, 0.1) is 5.41 Å². The molecule has 1 amide bonds. The summed E-state index contributed by atoms with van der Waals surface area (Å²) in [4.78, 5) is 16.3. The molecule has 24 heavy (non-hydrogen) atoms. The highest BCUT2D eigenvalue weighted by Gasteiger charge is 2.21. The van der Waals surface area contributed by atoms with E-state index in [-0.39, 0.29) is 5.91 Å². The summed E-state index contributed by atoms with van der Waals surface area (Å²) >= 11 is 0. The van der Waals surface area contributed by atoms with Gasteiger partial charge in [0.2, 0.25) is 5.91 Å². The Balaban J connectivity index is 1.67. The molecule has 1 aromatic carbocycles. The zero-order chi connectivity index (χ0) is 17.2. The van der Waals surface area contributed by atoms with E-state index in [1.54, 1.807) is 6.20 Å². The third-order valence-corrected chi connectivity index (χ3v) is 3.52. The highest BCUT2D eigenvalue weighted by atomic mass is 16.6. The van der Waals surface area contributed by atoms with Crippen molar-refractivity contribution in [3.05, 3.63) is 36.5 Å². The molecule has 2 heterocycles. The van der Waals surface area contributed by atoms with Crippen LogP contribution in [0.4, 0.5) is 17.2 Å². The van der Waals surface area contributed by atoms with Gasteiger partial charge in [-0.1, -0.05) is 20.8 Å². The first kappa shape index (κ1) is 16.1. The Kier molecular flexibility index (Phi) is 4.29. The number of pyridine rings is 1. The number of aromatic nitrogens is 1. The second-order valence-corrected chi connectivity index (χ2v) is 6.62. The zero-order valence-electron chi connectivity index (χ0n) is 14.1. The maximum atomic E-state index is 12.0. The molecular weight excluding hydrogens is 306 g/mol. The molecule has 1 aromatic heterocycles. The van der Waals surface area contributed by atoms with Gasteiger partial charge in [-0.25, -0.2) is 4.98 Å². The van der Waals surface area contributed by atoms with Gasteiger partial charge >= 0.3 is 0 Å². The van der Waals surface area contributed by atoms with Crippen LogP contribution in [0.5, 0.6) is 11.5 Å². The first-order valence-corrected chi connectivity index (χ1v) is 7.86. The normalized spacial score (nSPS) is 13.3. The fourth-order valence-corrected chi connectivity index (χ4v) is 2.13. The van der Waals surface area contributed by atoms with Crippen molar-refractivity contribution in [2.24, 2.45) is 5.41 Å². The summed E-state index contributed by atoms with van der Waals surface area (Å²) in [5, 5.41) is 6.05. The van der Waals surface area contributed by atoms with Crippen molar-refractivity contribution >= 4 is 23.1 Å². The minimum atomic E-state index is -0.442. The molecule has 0 unspecified atom stereocenters. The third kappa shape index (κ3) is 3.76. The lowest BCUT2D eigenvalue weighted by atomic mass is 9.96. The number of carbonyl (C=O) groups excluding carboxylic acids is 1. The summed E-state index contributed by atoms with van der Waals surface area (Å²) < 4.78 is 11.1. The number of carbonyl (C=O) groups is 1. The number of benzene rings is 1. The van der Waals surface area contributed by atoms with Gasteiger partial charge in [0, 0.05) is 17.2 Å². The minimum Gasteiger partial charge on any atom is -0.486 e. The van der Waals surface area contributed by atoms with Crippen LogP contribution in [-0.4, -0.2) is 24.1 Å². The number of nitrogens with zero attached hydrogens (tertiary/aromatic N) is 1. The number of ether oxygens (including phenoxy) is 2. The molecule has 0 saturated carbocycles. The lowest BCUT2D eigenvalue weighted by Gasteiger charge is -2.19. The molecule has 6 nitrogen and oxygen atoms in total. The SMILES string of the molecule is CC(C)(C)C(=O)Nc1ccc(Nc2ccc3c(c2)OCCO3)nc1. The molecule has 126 valence electrons. The van der Waals surface area contributed by atoms with Crippen molar-refractivity contribution in [3.63, 3.8) is 0 Å². The van der Waals surface area contributed by atoms with E-state index in [4.69, 9.17) is 9.47 Å². The third-order valence-electron chi connectivity index (χ3n) is 3.52. The number of amides is 1. The van der Waals surface area contributed by atoms with E-state index in [0.717, 1.165) is 17.2 Å². The fourth-order valence-electron chi connectivity index (χ4n) is 2.13. The van der Waals surface area contributed by atoms with E-state index in [2.05, 4.69) is 15.6 Å². The maximum Gasteiger partial charge on any atom is 0.229 e. The van der Waals surface area contributed by atoms with Crippen LogP contribution in [-0.2, 0) is 4.79 Å². The lowest BCUT2D eigenvalue weighted by Crippen LogP contribution is -2.27. The number of anilines is 3. The van der Waals surface area contributed by atoms with E-state index in [1.807, 2.05) is 51.1 Å². The summed E-state index contributed by atoms with van der Waals surface area (Å²) in [7, 11) is 0. The average molecular weight is 327 g/mol. The van der Waals surface area contributed by atoms with Crippen molar-refractivity contribution in [1.82, 2.24) is 4.98 Å². The number of rotatable bonds is 3. The van der Waals surface area contributed by atoms with Crippen molar-refractivity contribution in [1.29, 1.82) is 0 Å². The van der Waals surface area contributed by atoms with E-state index in [0.29, 0.717) is 24.7 Å². The van der Waals surface area contributed by atoms with Crippen molar-refractivity contribution in [2.45, 2.75) is 20.8 Å². The molecule has 2 N–H and O–H groups in total. The highest BCUT2D eigenvalue weighted by molar-refractivity contribution is 5.94. The summed E-state index contributed by atoms with van der Waals surface area (Å²) in [6.07, 6.45) is 1.63. The van der Waals surface area contributed by atoms with E-state index >= 15 is 0 Å². The van der Waals surface area contributed by atoms with E-state index in [1.165, 1.54) is 0 Å². The Labute approximate surface area is 141 Å². The van der Waals surface area contributed by atoms with Gasteiger partial charge in [0.05, 0.1) is 11.9 Å². The van der Waals surface area contributed by atoms with Crippen molar-refractivity contribution in [2.75, 3.05) is 23.8 Å². The number of nitrogens with one attached hydrogen (secondary N) is 2. The largest absolute Gasteiger partial charge is 0.486 e. The van der Waals surface area contributed by atoms with Gasteiger partial charge in [0.15, 0.2) is 11.5 Å². The van der Waals surface area contributed by atoms with Gasteiger partial charge in [-0.05, 0) is 24.3 Å². The zero-order valence-corrected chi connectivity index (χ0v) is 14.1. The fraction of sp³-hybridized carbons (Fsp3) is 0.333. The molecule has 0 fully saturated rings. The van der Waals surface area contributed by atoms with E-state index in [9.17, 15) is 4.79 Å². The molecule has 0 radical (unpaired) electrons. The summed E-state index contributed by atoms with van der Waals surface area (Å²) in [6, 6.07) is 9.29. The van der Waals surface area contributed by atoms with E-state index < -0.39 is 5.41 Å². The minimum absolute atomic E-state index is 0.0446. The first-order valence-electron chi connectivity index (χ1n) is 7.86. The van der Waals surface area contributed by atoms with Gasteiger partial charge < -0.3 is 20.1 Å². The van der Waals surface area contributed by atoms with Gasteiger partial charge in [-0.2, -0.15) is 0 Å². The van der Waals surface area contributed by atoms with Crippen molar-refractivity contribution in [3.8, 4) is 11.5 Å². The Morgan fingerprint density at radius 1 is 1.04 bits per heavy atom. The summed E-state index contributed by atoms with van der Waals surface area (Å²) in [5.41, 5.74) is 1.09. The highest BCUT2D eigenvalue weighted by Crippen LogP contribution is 2.33. The molecule has 0 saturated heterocycles. The molecular formula is C18H21N3O3. The number of hydrogen-bond donors (Lipinski definition) is 2. The second-order valence-electron chi connectivity index (χ2n) is 6.62. The second kappa shape index (κ2) is 6.39. The van der Waals surface area contributed by atoms with Crippen LogP contribution in [0.25, 0.3) is 0 Å². The Bertz CT molecular complexity index is 736. The van der Waals surface area contributed by atoms with Gasteiger partial charge in [0.1, 0.15) is 19.0 Å². The summed E-state index contributed by atoms with van der Waals surface area (Å²) in [5.74, 6) is 2.11.